The van der Waals surface area contributed by atoms with Crippen LogP contribution in [-0.2, 0) is 0 Å². The molecule has 1 aliphatic heterocycles. The van der Waals surface area contributed by atoms with E-state index in [1.807, 2.05) is 12.1 Å². The lowest BCUT2D eigenvalue weighted by atomic mass is 9.76. The molecule has 2 rings (SSSR count). The molecule has 1 saturated heterocycles. The molecule has 19 heavy (non-hydrogen) atoms. The predicted molar refractivity (Wildman–Crippen MR) is 75.1 cm³/mol. The van der Waals surface area contributed by atoms with Crippen LogP contribution < -0.4 is 9.64 Å². The van der Waals surface area contributed by atoms with Crippen molar-refractivity contribution >= 4 is 11.7 Å². The van der Waals surface area contributed by atoms with E-state index in [1.165, 1.54) is 7.11 Å². The zero-order valence-corrected chi connectivity index (χ0v) is 11.9. The fraction of sp³-hybridized carbons (Fsp3) is 0.533. The number of carboxylic acid groups (broad SMARTS) is 1. The third-order valence-corrected chi connectivity index (χ3v) is 3.89. The zero-order chi connectivity index (χ0) is 14.2. The molecule has 0 aliphatic carbocycles. The van der Waals surface area contributed by atoms with E-state index >= 15 is 0 Å². The van der Waals surface area contributed by atoms with Crippen molar-refractivity contribution in [3.05, 3.63) is 23.8 Å². The highest BCUT2D eigenvalue weighted by atomic mass is 16.5. The van der Waals surface area contributed by atoms with Gasteiger partial charge in [0, 0.05) is 24.8 Å². The summed E-state index contributed by atoms with van der Waals surface area (Å²) in [7, 11) is 1.50. The maximum Gasteiger partial charge on any atom is 0.339 e. The third kappa shape index (κ3) is 2.67. The first kappa shape index (κ1) is 13.7. The van der Waals surface area contributed by atoms with Crippen molar-refractivity contribution in [3.8, 4) is 5.75 Å². The molecule has 1 aliphatic rings. The highest BCUT2D eigenvalue weighted by Gasteiger charge is 2.36. The second-order valence-electron chi connectivity index (χ2n) is 6.16. The van der Waals surface area contributed by atoms with Gasteiger partial charge in [0.2, 0.25) is 0 Å². The number of rotatable bonds is 3. The van der Waals surface area contributed by atoms with Crippen molar-refractivity contribution in [1.29, 1.82) is 0 Å². The Labute approximate surface area is 114 Å². The number of hydrogen-bond donors (Lipinski definition) is 1. The van der Waals surface area contributed by atoms with Crippen LogP contribution in [0.2, 0.25) is 0 Å². The van der Waals surface area contributed by atoms with Crippen molar-refractivity contribution in [2.45, 2.75) is 20.8 Å². The third-order valence-electron chi connectivity index (χ3n) is 3.89. The standard InChI is InChI=1S/C15H21NO3/c1-15(2,3)10-8-16(9-10)11-5-6-12(14(17)18)13(7-11)19-4/h5-7,10H,8-9H2,1-4H3,(H,17,18). The number of carboxylic acids is 1. The van der Waals surface area contributed by atoms with Crippen LogP contribution in [0, 0.1) is 11.3 Å². The Morgan fingerprint density at radius 3 is 2.47 bits per heavy atom. The fourth-order valence-electron chi connectivity index (χ4n) is 2.29. The largest absolute Gasteiger partial charge is 0.496 e. The first-order chi connectivity index (χ1) is 8.82. The van der Waals surface area contributed by atoms with E-state index in [1.54, 1.807) is 6.07 Å². The van der Waals surface area contributed by atoms with Crippen LogP contribution in [0.15, 0.2) is 18.2 Å². The molecule has 0 aromatic heterocycles. The number of methoxy groups -OCH3 is 1. The molecule has 0 bridgehead atoms. The van der Waals surface area contributed by atoms with E-state index in [2.05, 4.69) is 25.7 Å². The van der Waals surface area contributed by atoms with Crippen LogP contribution in [0.25, 0.3) is 0 Å². The van der Waals surface area contributed by atoms with E-state index in [-0.39, 0.29) is 5.56 Å². The number of benzene rings is 1. The predicted octanol–water partition coefficient (Wildman–Crippen LogP) is 2.88. The van der Waals surface area contributed by atoms with Crippen LogP contribution in [0.5, 0.6) is 5.75 Å². The highest BCUT2D eigenvalue weighted by Crippen LogP contribution is 2.37. The van der Waals surface area contributed by atoms with Crippen LogP contribution in [-0.4, -0.2) is 31.3 Å². The molecule has 0 radical (unpaired) electrons. The number of hydrogen-bond acceptors (Lipinski definition) is 3. The highest BCUT2D eigenvalue weighted by molar-refractivity contribution is 5.91. The number of aromatic carboxylic acids is 1. The molecule has 104 valence electrons. The van der Waals surface area contributed by atoms with E-state index in [0.717, 1.165) is 18.8 Å². The lowest BCUT2D eigenvalue weighted by molar-refractivity contribution is 0.0693. The van der Waals surface area contributed by atoms with Crippen molar-refractivity contribution in [2.24, 2.45) is 11.3 Å². The molecule has 1 heterocycles. The summed E-state index contributed by atoms with van der Waals surface area (Å²) in [6.07, 6.45) is 0. The molecule has 1 N–H and O–H groups in total. The Bertz CT molecular complexity index is 485. The SMILES string of the molecule is COc1cc(N2CC(C(C)(C)C)C2)ccc1C(=O)O. The van der Waals surface area contributed by atoms with Crippen LogP contribution >= 0.6 is 0 Å². The van der Waals surface area contributed by atoms with Gasteiger partial charge in [-0.05, 0) is 23.5 Å². The van der Waals surface area contributed by atoms with Gasteiger partial charge >= 0.3 is 5.97 Å². The minimum absolute atomic E-state index is 0.208. The van der Waals surface area contributed by atoms with Crippen molar-refractivity contribution in [2.75, 3.05) is 25.1 Å². The van der Waals surface area contributed by atoms with E-state index in [4.69, 9.17) is 9.84 Å². The quantitative estimate of drug-likeness (QED) is 0.911. The molecule has 1 aromatic rings. The summed E-state index contributed by atoms with van der Waals surface area (Å²) < 4.78 is 5.15. The normalized spacial score (nSPS) is 16.1. The molecule has 4 nitrogen and oxygen atoms in total. The molecule has 1 aromatic carbocycles. The topological polar surface area (TPSA) is 49.8 Å². The Morgan fingerprint density at radius 2 is 2.00 bits per heavy atom. The van der Waals surface area contributed by atoms with Gasteiger partial charge in [-0.15, -0.1) is 0 Å². The summed E-state index contributed by atoms with van der Waals surface area (Å²) in [5.74, 6) is 0.140. The minimum atomic E-state index is -0.959. The smallest absolute Gasteiger partial charge is 0.339 e. The molecule has 4 heteroatoms. The van der Waals surface area contributed by atoms with E-state index in [0.29, 0.717) is 17.1 Å². The van der Waals surface area contributed by atoms with Gasteiger partial charge in [-0.2, -0.15) is 0 Å². The maximum absolute atomic E-state index is 11.0. The first-order valence-corrected chi connectivity index (χ1v) is 6.49. The lowest BCUT2D eigenvalue weighted by Gasteiger charge is -2.47. The monoisotopic (exact) mass is 263 g/mol. The second kappa shape index (κ2) is 4.76. The molecule has 0 saturated carbocycles. The molecular formula is C15H21NO3. The number of carbonyl (C=O) groups is 1. The number of ether oxygens (including phenoxy) is 1. The van der Waals surface area contributed by atoms with Gasteiger partial charge < -0.3 is 14.7 Å². The average Bonchev–Trinajstić information content (AvgIpc) is 2.24. The van der Waals surface area contributed by atoms with Gasteiger partial charge in [-0.3, -0.25) is 0 Å². The molecule has 0 unspecified atom stereocenters. The van der Waals surface area contributed by atoms with Gasteiger partial charge in [0.25, 0.3) is 0 Å². The van der Waals surface area contributed by atoms with Crippen LogP contribution in [0.3, 0.4) is 0 Å². The fourth-order valence-corrected chi connectivity index (χ4v) is 2.29. The summed E-state index contributed by atoms with van der Waals surface area (Å²) in [4.78, 5) is 13.3. The summed E-state index contributed by atoms with van der Waals surface area (Å²) in [5.41, 5.74) is 1.56. The molecule has 0 atom stereocenters. The zero-order valence-electron chi connectivity index (χ0n) is 11.9. The lowest BCUT2D eigenvalue weighted by Crippen LogP contribution is -2.52. The number of nitrogens with zero attached hydrogens (tertiary/aromatic N) is 1. The molecule has 0 spiro atoms. The maximum atomic E-state index is 11.0. The Balaban J connectivity index is 2.14. The summed E-state index contributed by atoms with van der Waals surface area (Å²) >= 11 is 0. The molecule has 1 fully saturated rings. The van der Waals surface area contributed by atoms with E-state index < -0.39 is 5.97 Å². The number of anilines is 1. The van der Waals surface area contributed by atoms with Gasteiger partial charge in [0.05, 0.1) is 7.11 Å². The minimum Gasteiger partial charge on any atom is -0.496 e. The van der Waals surface area contributed by atoms with Crippen LogP contribution in [0.1, 0.15) is 31.1 Å². The summed E-state index contributed by atoms with van der Waals surface area (Å²) in [6, 6.07) is 5.27. The Kier molecular flexibility index (Phi) is 3.43. The van der Waals surface area contributed by atoms with Gasteiger partial charge in [0.15, 0.2) is 0 Å². The Morgan fingerprint density at radius 1 is 1.37 bits per heavy atom. The van der Waals surface area contributed by atoms with Gasteiger partial charge in [-0.1, -0.05) is 20.8 Å². The van der Waals surface area contributed by atoms with Crippen LogP contribution in [0.4, 0.5) is 5.69 Å². The van der Waals surface area contributed by atoms with Crippen molar-refractivity contribution in [3.63, 3.8) is 0 Å². The average molecular weight is 263 g/mol. The second-order valence-corrected chi connectivity index (χ2v) is 6.16. The molecular weight excluding hydrogens is 242 g/mol. The first-order valence-electron chi connectivity index (χ1n) is 6.49. The van der Waals surface area contributed by atoms with Crippen molar-refractivity contribution < 1.29 is 14.6 Å². The van der Waals surface area contributed by atoms with Crippen molar-refractivity contribution in [1.82, 2.24) is 0 Å². The van der Waals surface area contributed by atoms with E-state index in [9.17, 15) is 4.79 Å². The molecule has 0 amide bonds. The van der Waals surface area contributed by atoms with Gasteiger partial charge in [-0.25, -0.2) is 4.79 Å². The summed E-state index contributed by atoms with van der Waals surface area (Å²) in [5, 5.41) is 9.05. The van der Waals surface area contributed by atoms with Gasteiger partial charge in [0.1, 0.15) is 11.3 Å². The Hall–Kier alpha value is -1.71. The summed E-state index contributed by atoms with van der Waals surface area (Å²) in [6.45, 7) is 8.79.